The molecule has 1 heterocycles. The van der Waals surface area contributed by atoms with Crippen LogP contribution in [0.1, 0.15) is 40.0 Å². The molecule has 0 radical (unpaired) electrons. The van der Waals surface area contributed by atoms with E-state index >= 15 is 0 Å². The Hall–Kier alpha value is -0.570. The van der Waals surface area contributed by atoms with Crippen LogP contribution in [0.25, 0.3) is 0 Å². The van der Waals surface area contributed by atoms with E-state index < -0.39 is 0 Å². The highest BCUT2D eigenvalue weighted by Crippen LogP contribution is 2.51. The molecule has 92 valence electrons. The number of amides is 1. The summed E-state index contributed by atoms with van der Waals surface area (Å²) in [4.78, 5) is 12.1. The van der Waals surface area contributed by atoms with Gasteiger partial charge in [0, 0.05) is 12.0 Å². The van der Waals surface area contributed by atoms with Crippen molar-refractivity contribution in [3.05, 3.63) is 0 Å². The third-order valence-electron chi connectivity index (χ3n) is 4.48. The molecule has 2 aliphatic rings. The molecule has 0 spiro atoms. The Balaban J connectivity index is 1.79. The van der Waals surface area contributed by atoms with Crippen LogP contribution in [0.15, 0.2) is 0 Å². The molecule has 16 heavy (non-hydrogen) atoms. The Bertz CT molecular complexity index is 280. The van der Waals surface area contributed by atoms with Crippen molar-refractivity contribution < 1.29 is 4.79 Å². The third kappa shape index (κ3) is 2.40. The number of carbonyl (C=O) groups is 1. The Kier molecular flexibility index (Phi) is 2.99. The smallest absolute Gasteiger partial charge is 0.226 e. The second kappa shape index (κ2) is 4.02. The molecule has 2 N–H and O–H groups in total. The molecular formula is C13H24N2O. The second-order valence-electron chi connectivity index (χ2n) is 6.41. The molecule has 1 amide bonds. The molecule has 1 atom stereocenters. The van der Waals surface area contributed by atoms with Crippen LogP contribution in [0.2, 0.25) is 0 Å². The highest BCUT2D eigenvalue weighted by molar-refractivity contribution is 5.82. The molecule has 1 aliphatic carbocycles. The Morgan fingerprint density at radius 1 is 1.31 bits per heavy atom. The largest absolute Gasteiger partial charge is 0.355 e. The van der Waals surface area contributed by atoms with Crippen molar-refractivity contribution >= 4 is 5.91 Å². The van der Waals surface area contributed by atoms with Crippen molar-refractivity contribution in [2.75, 3.05) is 19.6 Å². The summed E-state index contributed by atoms with van der Waals surface area (Å²) in [7, 11) is 0. The summed E-state index contributed by atoms with van der Waals surface area (Å²) in [5, 5.41) is 6.45. The highest BCUT2D eigenvalue weighted by Gasteiger charge is 2.46. The lowest BCUT2D eigenvalue weighted by Gasteiger charge is -2.32. The van der Waals surface area contributed by atoms with E-state index in [1.807, 2.05) is 0 Å². The molecule has 2 rings (SSSR count). The van der Waals surface area contributed by atoms with Crippen LogP contribution in [0, 0.1) is 16.7 Å². The molecule has 0 aromatic heterocycles. The second-order valence-corrected chi connectivity index (χ2v) is 6.41. The molecule has 0 bridgehead atoms. The van der Waals surface area contributed by atoms with Crippen LogP contribution in [0.4, 0.5) is 0 Å². The van der Waals surface area contributed by atoms with Crippen LogP contribution >= 0.6 is 0 Å². The molecule has 0 aromatic carbocycles. The first kappa shape index (κ1) is 11.9. The van der Waals surface area contributed by atoms with Gasteiger partial charge in [0.1, 0.15) is 0 Å². The minimum absolute atomic E-state index is 0.135. The summed E-state index contributed by atoms with van der Waals surface area (Å²) in [6.07, 6.45) is 3.19. The minimum atomic E-state index is -0.135. The summed E-state index contributed by atoms with van der Waals surface area (Å²) in [5.41, 5.74) is 0.326. The first-order chi connectivity index (χ1) is 7.44. The molecule has 1 unspecified atom stereocenters. The first-order valence-corrected chi connectivity index (χ1v) is 6.43. The topological polar surface area (TPSA) is 41.1 Å². The maximum atomic E-state index is 12.1. The summed E-state index contributed by atoms with van der Waals surface area (Å²) >= 11 is 0. The monoisotopic (exact) mass is 224 g/mol. The van der Waals surface area contributed by atoms with E-state index in [4.69, 9.17) is 0 Å². The molecule has 1 saturated heterocycles. The maximum Gasteiger partial charge on any atom is 0.226 e. The number of rotatable bonds is 3. The fourth-order valence-corrected chi connectivity index (χ4v) is 2.56. The van der Waals surface area contributed by atoms with Crippen molar-refractivity contribution in [1.29, 1.82) is 0 Å². The van der Waals surface area contributed by atoms with E-state index in [0.29, 0.717) is 11.3 Å². The summed E-state index contributed by atoms with van der Waals surface area (Å²) in [6.45, 7) is 9.46. The van der Waals surface area contributed by atoms with Gasteiger partial charge < -0.3 is 10.6 Å². The van der Waals surface area contributed by atoms with Gasteiger partial charge in [0.25, 0.3) is 0 Å². The number of hydrogen-bond donors (Lipinski definition) is 2. The van der Waals surface area contributed by atoms with Crippen LogP contribution in [0.5, 0.6) is 0 Å². The number of hydrogen-bond acceptors (Lipinski definition) is 2. The molecular weight excluding hydrogens is 200 g/mol. The normalized spacial score (nSPS) is 30.8. The van der Waals surface area contributed by atoms with Gasteiger partial charge in [-0.3, -0.25) is 4.79 Å². The molecule has 0 aromatic rings. The SMILES string of the molecule is CC1(C(=O)NCC2CC2(C)C)CCNCC1. The predicted octanol–water partition coefficient (Wildman–Crippen LogP) is 1.54. The zero-order valence-corrected chi connectivity index (χ0v) is 10.7. The van der Waals surface area contributed by atoms with E-state index in [1.165, 1.54) is 6.42 Å². The van der Waals surface area contributed by atoms with E-state index in [1.54, 1.807) is 0 Å². The van der Waals surface area contributed by atoms with E-state index in [-0.39, 0.29) is 11.3 Å². The van der Waals surface area contributed by atoms with Gasteiger partial charge in [0.05, 0.1) is 0 Å². The quantitative estimate of drug-likeness (QED) is 0.763. The average Bonchev–Trinajstić information content (AvgIpc) is 2.84. The Labute approximate surface area is 98.4 Å². The Morgan fingerprint density at radius 2 is 1.88 bits per heavy atom. The van der Waals surface area contributed by atoms with Crippen LogP contribution in [-0.4, -0.2) is 25.5 Å². The first-order valence-electron chi connectivity index (χ1n) is 6.43. The molecule has 2 fully saturated rings. The standard InChI is InChI=1S/C13H24N2O/c1-12(2)8-10(12)9-15-11(16)13(3)4-6-14-7-5-13/h10,14H,4-9H2,1-3H3,(H,15,16). The van der Waals surface area contributed by atoms with Crippen molar-refractivity contribution in [2.45, 2.75) is 40.0 Å². The van der Waals surface area contributed by atoms with Gasteiger partial charge in [0.15, 0.2) is 0 Å². The molecule has 3 nitrogen and oxygen atoms in total. The fourth-order valence-electron chi connectivity index (χ4n) is 2.56. The van der Waals surface area contributed by atoms with Crippen molar-refractivity contribution in [3.8, 4) is 0 Å². The zero-order chi connectivity index (χ0) is 11.8. The molecule has 3 heteroatoms. The average molecular weight is 224 g/mol. The lowest BCUT2D eigenvalue weighted by atomic mass is 9.80. The predicted molar refractivity (Wildman–Crippen MR) is 65.1 cm³/mol. The zero-order valence-electron chi connectivity index (χ0n) is 10.7. The fraction of sp³-hybridized carbons (Fsp3) is 0.923. The third-order valence-corrected chi connectivity index (χ3v) is 4.48. The van der Waals surface area contributed by atoms with Gasteiger partial charge in [-0.2, -0.15) is 0 Å². The molecule has 1 saturated carbocycles. The van der Waals surface area contributed by atoms with Crippen LogP contribution in [0.3, 0.4) is 0 Å². The van der Waals surface area contributed by atoms with Crippen LogP contribution in [-0.2, 0) is 4.79 Å². The maximum absolute atomic E-state index is 12.1. The number of carbonyl (C=O) groups excluding carboxylic acids is 1. The van der Waals surface area contributed by atoms with Gasteiger partial charge >= 0.3 is 0 Å². The van der Waals surface area contributed by atoms with Gasteiger partial charge in [-0.1, -0.05) is 20.8 Å². The van der Waals surface area contributed by atoms with E-state index in [2.05, 4.69) is 31.4 Å². The van der Waals surface area contributed by atoms with Gasteiger partial charge in [-0.25, -0.2) is 0 Å². The Morgan fingerprint density at radius 3 is 2.38 bits per heavy atom. The van der Waals surface area contributed by atoms with E-state index in [9.17, 15) is 4.79 Å². The number of piperidine rings is 1. The summed E-state index contributed by atoms with van der Waals surface area (Å²) in [6, 6.07) is 0. The van der Waals surface area contributed by atoms with E-state index in [0.717, 1.165) is 32.5 Å². The van der Waals surface area contributed by atoms with Crippen LogP contribution < -0.4 is 10.6 Å². The van der Waals surface area contributed by atoms with Crippen molar-refractivity contribution in [2.24, 2.45) is 16.7 Å². The van der Waals surface area contributed by atoms with Crippen molar-refractivity contribution in [3.63, 3.8) is 0 Å². The lowest BCUT2D eigenvalue weighted by molar-refractivity contribution is -0.131. The van der Waals surface area contributed by atoms with Gasteiger partial charge in [0.2, 0.25) is 5.91 Å². The highest BCUT2D eigenvalue weighted by atomic mass is 16.2. The van der Waals surface area contributed by atoms with Gasteiger partial charge in [-0.05, 0) is 43.7 Å². The summed E-state index contributed by atoms with van der Waals surface area (Å²) < 4.78 is 0. The van der Waals surface area contributed by atoms with Crippen molar-refractivity contribution in [1.82, 2.24) is 10.6 Å². The summed E-state index contributed by atoms with van der Waals surface area (Å²) in [5.74, 6) is 0.957. The van der Waals surface area contributed by atoms with Gasteiger partial charge in [-0.15, -0.1) is 0 Å². The number of nitrogens with one attached hydrogen (secondary N) is 2. The lowest BCUT2D eigenvalue weighted by Crippen LogP contribution is -2.46. The molecule has 1 aliphatic heterocycles. The minimum Gasteiger partial charge on any atom is -0.355 e.